The Morgan fingerprint density at radius 3 is 2.44 bits per heavy atom. The average molecular weight is 259 g/mol. The molecule has 18 heavy (non-hydrogen) atoms. The van der Waals surface area contributed by atoms with Gasteiger partial charge < -0.3 is 0 Å². The van der Waals surface area contributed by atoms with Crippen LogP contribution in [-0.4, -0.2) is 13.4 Å². The summed E-state index contributed by atoms with van der Waals surface area (Å²) in [7, 11) is -3.76. The molecule has 0 amide bonds. The predicted molar refractivity (Wildman–Crippen MR) is 66.2 cm³/mol. The Morgan fingerprint density at radius 1 is 1.11 bits per heavy atom. The summed E-state index contributed by atoms with van der Waals surface area (Å²) in [6.07, 6.45) is 2.96. The SMILES string of the molecule is N#Cc1ccccc1S(=O)(=O)Nc1ccncc1. The minimum atomic E-state index is -3.76. The molecule has 1 aromatic carbocycles. The summed E-state index contributed by atoms with van der Waals surface area (Å²) in [5.41, 5.74) is 0.511. The van der Waals surface area contributed by atoms with Gasteiger partial charge in [-0.05, 0) is 24.3 Å². The van der Waals surface area contributed by atoms with Crippen molar-refractivity contribution in [1.82, 2.24) is 4.98 Å². The van der Waals surface area contributed by atoms with Crippen LogP contribution in [-0.2, 0) is 10.0 Å². The van der Waals surface area contributed by atoms with Gasteiger partial charge in [-0.1, -0.05) is 12.1 Å². The van der Waals surface area contributed by atoms with Crippen LogP contribution in [0.15, 0.2) is 53.7 Å². The lowest BCUT2D eigenvalue weighted by Crippen LogP contribution is -2.14. The molecule has 1 N–H and O–H groups in total. The van der Waals surface area contributed by atoms with Gasteiger partial charge in [0.15, 0.2) is 0 Å². The van der Waals surface area contributed by atoms with Crippen molar-refractivity contribution in [1.29, 1.82) is 5.26 Å². The maximum absolute atomic E-state index is 12.1. The first-order chi connectivity index (χ1) is 8.63. The normalized spacial score (nSPS) is 10.6. The topological polar surface area (TPSA) is 82.8 Å². The quantitative estimate of drug-likeness (QED) is 0.910. The number of nitrogens with one attached hydrogen (secondary N) is 1. The zero-order chi connectivity index (χ0) is 13.0. The number of nitrogens with zero attached hydrogens (tertiary/aromatic N) is 2. The fourth-order valence-electron chi connectivity index (χ4n) is 1.42. The van der Waals surface area contributed by atoms with E-state index in [0.717, 1.165) is 0 Å². The van der Waals surface area contributed by atoms with Crippen molar-refractivity contribution < 1.29 is 8.42 Å². The second-order valence-electron chi connectivity index (χ2n) is 3.45. The summed E-state index contributed by atoms with van der Waals surface area (Å²) >= 11 is 0. The lowest BCUT2D eigenvalue weighted by atomic mass is 10.2. The minimum Gasteiger partial charge on any atom is -0.279 e. The molecule has 0 aliphatic carbocycles. The summed E-state index contributed by atoms with van der Waals surface area (Å²) in [4.78, 5) is 3.76. The van der Waals surface area contributed by atoms with Crippen LogP contribution in [0.4, 0.5) is 5.69 Å². The van der Waals surface area contributed by atoms with E-state index in [4.69, 9.17) is 5.26 Å². The van der Waals surface area contributed by atoms with Crippen molar-refractivity contribution in [3.8, 4) is 6.07 Å². The molecule has 1 aromatic heterocycles. The highest BCUT2D eigenvalue weighted by molar-refractivity contribution is 7.92. The van der Waals surface area contributed by atoms with Gasteiger partial charge in [0.05, 0.1) is 11.3 Å². The molecule has 2 rings (SSSR count). The van der Waals surface area contributed by atoms with E-state index in [-0.39, 0.29) is 10.5 Å². The Morgan fingerprint density at radius 2 is 1.78 bits per heavy atom. The van der Waals surface area contributed by atoms with Gasteiger partial charge in [0.25, 0.3) is 10.0 Å². The van der Waals surface area contributed by atoms with Gasteiger partial charge in [0.1, 0.15) is 11.0 Å². The van der Waals surface area contributed by atoms with E-state index in [0.29, 0.717) is 5.69 Å². The van der Waals surface area contributed by atoms with E-state index in [1.165, 1.54) is 36.7 Å². The van der Waals surface area contributed by atoms with Gasteiger partial charge in [-0.25, -0.2) is 8.42 Å². The molecule has 1 heterocycles. The Bertz CT molecular complexity index is 691. The Labute approximate surface area is 105 Å². The number of pyridine rings is 1. The van der Waals surface area contributed by atoms with Crippen LogP contribution in [0.3, 0.4) is 0 Å². The number of benzene rings is 1. The Kier molecular flexibility index (Phi) is 3.26. The van der Waals surface area contributed by atoms with E-state index in [2.05, 4.69) is 9.71 Å². The summed E-state index contributed by atoms with van der Waals surface area (Å²) in [6, 6.07) is 11.0. The van der Waals surface area contributed by atoms with E-state index in [1.54, 1.807) is 12.1 Å². The molecule has 90 valence electrons. The van der Waals surface area contributed by atoms with Crippen LogP contribution in [0.25, 0.3) is 0 Å². The molecule has 0 aliphatic rings. The third-order valence-electron chi connectivity index (χ3n) is 2.23. The number of rotatable bonds is 3. The zero-order valence-electron chi connectivity index (χ0n) is 9.24. The first-order valence-electron chi connectivity index (χ1n) is 5.05. The van der Waals surface area contributed by atoms with Crippen molar-refractivity contribution in [2.75, 3.05) is 4.72 Å². The smallest absolute Gasteiger partial charge is 0.263 e. The maximum atomic E-state index is 12.1. The largest absolute Gasteiger partial charge is 0.279 e. The minimum absolute atomic E-state index is 0.0377. The maximum Gasteiger partial charge on any atom is 0.263 e. The second-order valence-corrected chi connectivity index (χ2v) is 5.10. The molecule has 0 saturated carbocycles. The summed E-state index contributed by atoms with van der Waals surface area (Å²) in [5, 5.41) is 8.90. The van der Waals surface area contributed by atoms with Crippen molar-refractivity contribution in [2.45, 2.75) is 4.90 Å². The number of hydrogen-bond acceptors (Lipinski definition) is 4. The molecule has 0 spiro atoms. The second kappa shape index (κ2) is 4.85. The summed E-state index contributed by atoms with van der Waals surface area (Å²) in [6.45, 7) is 0. The van der Waals surface area contributed by atoms with Gasteiger partial charge in [0, 0.05) is 12.4 Å². The standard InChI is InChI=1S/C12H9N3O2S/c13-9-10-3-1-2-4-12(10)18(16,17)15-11-5-7-14-8-6-11/h1-8H,(H,14,15). The van der Waals surface area contributed by atoms with Crippen molar-refractivity contribution >= 4 is 15.7 Å². The van der Waals surface area contributed by atoms with Crippen molar-refractivity contribution in [2.24, 2.45) is 0 Å². The van der Waals surface area contributed by atoms with Crippen LogP contribution >= 0.6 is 0 Å². The van der Waals surface area contributed by atoms with E-state index in [1.807, 2.05) is 6.07 Å². The van der Waals surface area contributed by atoms with E-state index in [9.17, 15) is 8.42 Å². The molecule has 0 radical (unpaired) electrons. The van der Waals surface area contributed by atoms with E-state index < -0.39 is 10.0 Å². The molecule has 0 bridgehead atoms. The highest BCUT2D eigenvalue weighted by Crippen LogP contribution is 2.18. The van der Waals surface area contributed by atoms with Crippen LogP contribution in [0.2, 0.25) is 0 Å². The van der Waals surface area contributed by atoms with E-state index >= 15 is 0 Å². The summed E-state index contributed by atoms with van der Waals surface area (Å²) < 4.78 is 26.6. The molecular formula is C12H9N3O2S. The van der Waals surface area contributed by atoms with Gasteiger partial charge >= 0.3 is 0 Å². The molecule has 0 aliphatic heterocycles. The Balaban J connectivity index is 2.41. The number of anilines is 1. The number of aromatic nitrogens is 1. The molecule has 6 heteroatoms. The molecule has 0 fully saturated rings. The first kappa shape index (κ1) is 12.1. The van der Waals surface area contributed by atoms with Gasteiger partial charge in [-0.3, -0.25) is 9.71 Å². The predicted octanol–water partition coefficient (Wildman–Crippen LogP) is 1.75. The Hall–Kier alpha value is -2.39. The molecule has 5 nitrogen and oxygen atoms in total. The van der Waals surface area contributed by atoms with Gasteiger partial charge in [0.2, 0.25) is 0 Å². The molecule has 0 atom stereocenters. The van der Waals surface area contributed by atoms with Crippen LogP contribution in [0.1, 0.15) is 5.56 Å². The molecule has 0 saturated heterocycles. The zero-order valence-corrected chi connectivity index (χ0v) is 10.1. The van der Waals surface area contributed by atoms with Crippen molar-refractivity contribution in [3.05, 3.63) is 54.4 Å². The highest BCUT2D eigenvalue weighted by Gasteiger charge is 2.17. The molecule has 2 aromatic rings. The van der Waals surface area contributed by atoms with Crippen LogP contribution < -0.4 is 4.72 Å². The first-order valence-corrected chi connectivity index (χ1v) is 6.54. The lowest BCUT2D eigenvalue weighted by Gasteiger charge is -2.08. The number of sulfonamides is 1. The fraction of sp³-hybridized carbons (Fsp3) is 0. The highest BCUT2D eigenvalue weighted by atomic mass is 32.2. The third kappa shape index (κ3) is 2.47. The monoisotopic (exact) mass is 259 g/mol. The average Bonchev–Trinajstić information content (AvgIpc) is 2.39. The number of nitriles is 1. The number of hydrogen-bond donors (Lipinski definition) is 1. The molecule has 0 unspecified atom stereocenters. The lowest BCUT2D eigenvalue weighted by molar-refractivity contribution is 0.601. The van der Waals surface area contributed by atoms with Gasteiger partial charge in [-0.15, -0.1) is 0 Å². The third-order valence-corrected chi connectivity index (χ3v) is 3.67. The summed E-state index contributed by atoms with van der Waals surface area (Å²) in [5.74, 6) is 0. The fourth-order valence-corrected chi connectivity index (χ4v) is 2.64. The molecular weight excluding hydrogens is 250 g/mol. The van der Waals surface area contributed by atoms with Crippen molar-refractivity contribution in [3.63, 3.8) is 0 Å². The van der Waals surface area contributed by atoms with Crippen LogP contribution in [0.5, 0.6) is 0 Å². The van der Waals surface area contributed by atoms with Gasteiger partial charge in [-0.2, -0.15) is 5.26 Å². The van der Waals surface area contributed by atoms with Crippen LogP contribution in [0, 0.1) is 11.3 Å².